The summed E-state index contributed by atoms with van der Waals surface area (Å²) in [4.78, 5) is 8.47. The van der Waals surface area contributed by atoms with Crippen LogP contribution >= 0.6 is 0 Å². The van der Waals surface area contributed by atoms with Crippen LogP contribution < -0.4 is 10.6 Å². The van der Waals surface area contributed by atoms with Crippen molar-refractivity contribution in [3.05, 3.63) is 18.1 Å². The summed E-state index contributed by atoms with van der Waals surface area (Å²) < 4.78 is 0. The quantitative estimate of drug-likeness (QED) is 0.834. The van der Waals surface area contributed by atoms with Gasteiger partial charge < -0.3 is 10.6 Å². The average molecular weight is 234 g/mol. The summed E-state index contributed by atoms with van der Waals surface area (Å²) in [5.74, 6) is 0.948. The summed E-state index contributed by atoms with van der Waals surface area (Å²) in [5, 5.41) is 6.90. The summed E-state index contributed by atoms with van der Waals surface area (Å²) in [5.41, 5.74) is 1.43. The number of rotatable bonds is 4. The van der Waals surface area contributed by atoms with E-state index in [0.717, 1.165) is 37.6 Å². The van der Waals surface area contributed by atoms with Crippen molar-refractivity contribution in [3.63, 3.8) is 0 Å². The van der Waals surface area contributed by atoms with E-state index in [0.29, 0.717) is 5.41 Å². The van der Waals surface area contributed by atoms with Crippen molar-refractivity contribution in [1.82, 2.24) is 15.3 Å². The maximum Gasteiger partial charge on any atom is 0.129 e. The van der Waals surface area contributed by atoms with E-state index >= 15 is 0 Å². The molecule has 2 heterocycles. The summed E-state index contributed by atoms with van der Waals surface area (Å²) in [6.45, 7) is 7.65. The Morgan fingerprint density at radius 2 is 2.35 bits per heavy atom. The van der Waals surface area contributed by atoms with Crippen molar-refractivity contribution >= 4 is 5.82 Å². The van der Waals surface area contributed by atoms with Crippen LogP contribution in [0.1, 0.15) is 32.4 Å². The first kappa shape index (κ1) is 12.3. The second kappa shape index (κ2) is 5.45. The van der Waals surface area contributed by atoms with Crippen molar-refractivity contribution in [3.8, 4) is 0 Å². The Morgan fingerprint density at radius 1 is 1.47 bits per heavy atom. The average Bonchev–Trinajstić information content (AvgIpc) is 2.38. The van der Waals surface area contributed by atoms with Crippen molar-refractivity contribution in [2.24, 2.45) is 5.41 Å². The molecule has 1 unspecified atom stereocenters. The molecular formula is C13H22N4. The molecule has 94 valence electrons. The fourth-order valence-electron chi connectivity index (χ4n) is 2.26. The van der Waals surface area contributed by atoms with Crippen LogP contribution in [0.3, 0.4) is 0 Å². The third-order valence-electron chi connectivity index (χ3n) is 3.47. The number of anilines is 1. The molecule has 4 nitrogen and oxygen atoms in total. The highest BCUT2D eigenvalue weighted by Crippen LogP contribution is 2.25. The topological polar surface area (TPSA) is 49.8 Å². The molecule has 1 saturated heterocycles. The van der Waals surface area contributed by atoms with E-state index in [9.17, 15) is 0 Å². The lowest BCUT2D eigenvalue weighted by atomic mass is 9.83. The molecule has 0 spiro atoms. The standard InChI is InChI=1S/C13H22N4/c1-3-11-7-12(17-10-16-11)15-9-13(2)5-4-6-14-8-13/h7,10,14H,3-6,8-9H2,1-2H3,(H,15,16,17). The molecule has 1 aromatic rings. The van der Waals surface area contributed by atoms with E-state index in [1.54, 1.807) is 6.33 Å². The van der Waals surface area contributed by atoms with Crippen LogP contribution in [-0.2, 0) is 6.42 Å². The normalized spacial score (nSPS) is 24.6. The minimum absolute atomic E-state index is 0.343. The number of nitrogens with zero attached hydrogens (tertiary/aromatic N) is 2. The van der Waals surface area contributed by atoms with Crippen molar-refractivity contribution in [2.45, 2.75) is 33.1 Å². The summed E-state index contributed by atoms with van der Waals surface area (Å²) in [6.07, 6.45) is 5.14. The van der Waals surface area contributed by atoms with Crippen LogP contribution in [-0.4, -0.2) is 29.6 Å². The van der Waals surface area contributed by atoms with Gasteiger partial charge in [-0.25, -0.2) is 9.97 Å². The van der Waals surface area contributed by atoms with Crippen LogP contribution in [0.15, 0.2) is 12.4 Å². The van der Waals surface area contributed by atoms with Crippen LogP contribution in [0.2, 0.25) is 0 Å². The Hall–Kier alpha value is -1.16. The number of aryl methyl sites for hydroxylation is 1. The maximum absolute atomic E-state index is 4.26. The minimum Gasteiger partial charge on any atom is -0.369 e. The van der Waals surface area contributed by atoms with Crippen LogP contribution in [0.4, 0.5) is 5.82 Å². The fraction of sp³-hybridized carbons (Fsp3) is 0.692. The number of hydrogen-bond donors (Lipinski definition) is 2. The minimum atomic E-state index is 0.343. The van der Waals surface area contributed by atoms with E-state index in [4.69, 9.17) is 0 Å². The second-order valence-corrected chi connectivity index (χ2v) is 5.19. The van der Waals surface area contributed by atoms with Crippen LogP contribution in [0, 0.1) is 5.41 Å². The van der Waals surface area contributed by atoms with E-state index in [1.807, 2.05) is 6.07 Å². The molecule has 0 aromatic carbocycles. The van der Waals surface area contributed by atoms with E-state index in [1.165, 1.54) is 12.8 Å². The largest absolute Gasteiger partial charge is 0.369 e. The Labute approximate surface area is 103 Å². The summed E-state index contributed by atoms with van der Waals surface area (Å²) >= 11 is 0. The van der Waals surface area contributed by atoms with Gasteiger partial charge in [-0.05, 0) is 31.2 Å². The van der Waals surface area contributed by atoms with Gasteiger partial charge in [-0.3, -0.25) is 0 Å². The fourth-order valence-corrected chi connectivity index (χ4v) is 2.26. The molecule has 0 amide bonds. The monoisotopic (exact) mass is 234 g/mol. The summed E-state index contributed by atoms with van der Waals surface area (Å²) in [7, 11) is 0. The Bertz CT molecular complexity index is 358. The molecule has 2 rings (SSSR count). The van der Waals surface area contributed by atoms with Gasteiger partial charge in [0.05, 0.1) is 0 Å². The Balaban J connectivity index is 1.92. The third kappa shape index (κ3) is 3.40. The zero-order valence-corrected chi connectivity index (χ0v) is 10.8. The van der Waals surface area contributed by atoms with Gasteiger partial charge in [-0.15, -0.1) is 0 Å². The van der Waals surface area contributed by atoms with Gasteiger partial charge in [-0.1, -0.05) is 13.8 Å². The van der Waals surface area contributed by atoms with E-state index in [-0.39, 0.29) is 0 Å². The molecule has 4 heteroatoms. The van der Waals surface area contributed by atoms with Crippen LogP contribution in [0.25, 0.3) is 0 Å². The molecule has 1 atom stereocenters. The molecule has 17 heavy (non-hydrogen) atoms. The Morgan fingerprint density at radius 3 is 3.06 bits per heavy atom. The maximum atomic E-state index is 4.26. The third-order valence-corrected chi connectivity index (χ3v) is 3.47. The Kier molecular flexibility index (Phi) is 3.94. The van der Waals surface area contributed by atoms with Gasteiger partial charge in [0, 0.05) is 24.8 Å². The molecular weight excluding hydrogens is 212 g/mol. The lowest BCUT2D eigenvalue weighted by Crippen LogP contribution is -2.42. The highest BCUT2D eigenvalue weighted by atomic mass is 15.0. The zero-order valence-electron chi connectivity index (χ0n) is 10.8. The number of hydrogen-bond acceptors (Lipinski definition) is 4. The molecule has 1 aliphatic heterocycles. The number of piperidine rings is 1. The second-order valence-electron chi connectivity index (χ2n) is 5.19. The van der Waals surface area contributed by atoms with Crippen molar-refractivity contribution < 1.29 is 0 Å². The number of aromatic nitrogens is 2. The smallest absolute Gasteiger partial charge is 0.129 e. The van der Waals surface area contributed by atoms with Gasteiger partial charge in [-0.2, -0.15) is 0 Å². The predicted octanol–water partition coefficient (Wildman–Crippen LogP) is 1.84. The molecule has 0 aliphatic carbocycles. The highest BCUT2D eigenvalue weighted by molar-refractivity contribution is 5.35. The van der Waals surface area contributed by atoms with E-state index < -0.39 is 0 Å². The molecule has 1 aromatic heterocycles. The lowest BCUT2D eigenvalue weighted by Gasteiger charge is -2.34. The van der Waals surface area contributed by atoms with Crippen molar-refractivity contribution in [2.75, 3.05) is 25.0 Å². The first-order valence-electron chi connectivity index (χ1n) is 6.47. The van der Waals surface area contributed by atoms with Gasteiger partial charge in [0.25, 0.3) is 0 Å². The zero-order chi connectivity index (χ0) is 12.1. The van der Waals surface area contributed by atoms with Gasteiger partial charge in [0.2, 0.25) is 0 Å². The molecule has 1 aliphatic rings. The molecule has 0 bridgehead atoms. The van der Waals surface area contributed by atoms with E-state index in [2.05, 4.69) is 34.4 Å². The predicted molar refractivity (Wildman–Crippen MR) is 70.1 cm³/mol. The molecule has 1 fully saturated rings. The van der Waals surface area contributed by atoms with Crippen LogP contribution in [0.5, 0.6) is 0 Å². The van der Waals surface area contributed by atoms with Gasteiger partial charge in [0.1, 0.15) is 12.1 Å². The summed E-state index contributed by atoms with van der Waals surface area (Å²) in [6, 6.07) is 2.04. The molecule has 0 radical (unpaired) electrons. The number of nitrogens with one attached hydrogen (secondary N) is 2. The van der Waals surface area contributed by atoms with Gasteiger partial charge >= 0.3 is 0 Å². The SMILES string of the molecule is CCc1cc(NCC2(C)CCCNC2)ncn1. The molecule has 2 N–H and O–H groups in total. The molecule has 0 saturated carbocycles. The highest BCUT2D eigenvalue weighted by Gasteiger charge is 2.26. The van der Waals surface area contributed by atoms with Gasteiger partial charge in [0.15, 0.2) is 0 Å². The first-order chi connectivity index (χ1) is 8.22. The van der Waals surface area contributed by atoms with Crippen molar-refractivity contribution in [1.29, 1.82) is 0 Å². The lowest BCUT2D eigenvalue weighted by molar-refractivity contribution is 0.253. The first-order valence-corrected chi connectivity index (χ1v) is 6.47.